The highest BCUT2D eigenvalue weighted by atomic mass is 32.2. The number of furan rings is 1. The number of piperazine rings is 1. The average molecular weight is 329 g/mol. The lowest BCUT2D eigenvalue weighted by Crippen LogP contribution is -2.49. The Morgan fingerprint density at radius 1 is 1.39 bits per heavy atom. The van der Waals surface area contributed by atoms with Crippen LogP contribution in [-0.2, 0) is 0 Å². The molecule has 0 unspecified atom stereocenters. The van der Waals surface area contributed by atoms with Crippen LogP contribution in [0.5, 0.6) is 0 Å². The standard InChI is InChI=1S/C15H15N5O2S/c1-23-15-17-10-11(9-16)13(18-15)19-4-6-20(7-5-19)14(21)12-3-2-8-22-12/h2-3,8,10H,4-7H2,1H3. The second-order valence-corrected chi connectivity index (χ2v) is 5.74. The monoisotopic (exact) mass is 329 g/mol. The first-order valence-electron chi connectivity index (χ1n) is 7.12. The van der Waals surface area contributed by atoms with Gasteiger partial charge in [-0.25, -0.2) is 9.97 Å². The van der Waals surface area contributed by atoms with Gasteiger partial charge in [-0.05, 0) is 18.4 Å². The number of hydrogen-bond acceptors (Lipinski definition) is 7. The molecule has 3 rings (SSSR count). The molecule has 118 valence electrons. The third kappa shape index (κ3) is 3.14. The predicted molar refractivity (Wildman–Crippen MR) is 85.4 cm³/mol. The minimum absolute atomic E-state index is 0.109. The van der Waals surface area contributed by atoms with Gasteiger partial charge < -0.3 is 14.2 Å². The summed E-state index contributed by atoms with van der Waals surface area (Å²) in [6.45, 7) is 2.35. The van der Waals surface area contributed by atoms with E-state index in [2.05, 4.69) is 16.0 Å². The molecule has 2 aromatic rings. The second kappa shape index (κ2) is 6.71. The van der Waals surface area contributed by atoms with Crippen molar-refractivity contribution >= 4 is 23.5 Å². The first kappa shape index (κ1) is 15.4. The Kier molecular flexibility index (Phi) is 4.48. The van der Waals surface area contributed by atoms with E-state index in [4.69, 9.17) is 4.42 Å². The summed E-state index contributed by atoms with van der Waals surface area (Å²) >= 11 is 1.43. The van der Waals surface area contributed by atoms with Gasteiger partial charge in [-0.15, -0.1) is 0 Å². The molecule has 23 heavy (non-hydrogen) atoms. The number of aromatic nitrogens is 2. The average Bonchev–Trinajstić information content (AvgIpc) is 3.15. The zero-order chi connectivity index (χ0) is 16.2. The van der Waals surface area contributed by atoms with E-state index < -0.39 is 0 Å². The minimum atomic E-state index is -0.109. The molecule has 0 spiro atoms. The van der Waals surface area contributed by atoms with Crippen molar-refractivity contribution < 1.29 is 9.21 Å². The third-order valence-electron chi connectivity index (χ3n) is 3.65. The van der Waals surface area contributed by atoms with Gasteiger partial charge in [0.1, 0.15) is 11.6 Å². The summed E-state index contributed by atoms with van der Waals surface area (Å²) < 4.78 is 5.16. The highest BCUT2D eigenvalue weighted by Gasteiger charge is 2.25. The Morgan fingerprint density at radius 2 is 2.17 bits per heavy atom. The van der Waals surface area contributed by atoms with Crippen LogP contribution in [0.25, 0.3) is 0 Å². The van der Waals surface area contributed by atoms with Crippen molar-refractivity contribution in [1.82, 2.24) is 14.9 Å². The van der Waals surface area contributed by atoms with E-state index in [1.54, 1.807) is 23.2 Å². The van der Waals surface area contributed by atoms with Gasteiger partial charge in [0, 0.05) is 26.2 Å². The largest absolute Gasteiger partial charge is 0.459 e. The van der Waals surface area contributed by atoms with Gasteiger partial charge in [0.05, 0.1) is 12.5 Å². The van der Waals surface area contributed by atoms with Crippen molar-refractivity contribution in [2.75, 3.05) is 37.3 Å². The molecule has 1 aliphatic rings. The molecule has 1 amide bonds. The molecule has 0 aromatic carbocycles. The number of amides is 1. The number of carbonyl (C=O) groups excluding carboxylic acids is 1. The molecule has 3 heterocycles. The van der Waals surface area contributed by atoms with Crippen LogP contribution in [0.15, 0.2) is 34.2 Å². The van der Waals surface area contributed by atoms with Gasteiger partial charge in [0.2, 0.25) is 0 Å². The van der Waals surface area contributed by atoms with E-state index in [9.17, 15) is 10.1 Å². The topological polar surface area (TPSA) is 86.3 Å². The molecule has 1 aliphatic heterocycles. The van der Waals surface area contributed by atoms with Gasteiger partial charge in [0.25, 0.3) is 5.91 Å². The van der Waals surface area contributed by atoms with Crippen LogP contribution in [0.1, 0.15) is 16.1 Å². The van der Waals surface area contributed by atoms with E-state index in [1.807, 2.05) is 11.2 Å². The number of thioether (sulfide) groups is 1. The predicted octanol–water partition coefficient (Wildman–Crippen LogP) is 1.63. The number of anilines is 1. The van der Waals surface area contributed by atoms with Crippen molar-refractivity contribution in [2.45, 2.75) is 5.16 Å². The number of carbonyl (C=O) groups is 1. The van der Waals surface area contributed by atoms with Crippen LogP contribution < -0.4 is 4.90 Å². The summed E-state index contributed by atoms with van der Waals surface area (Å²) in [4.78, 5) is 24.6. The smallest absolute Gasteiger partial charge is 0.289 e. The van der Waals surface area contributed by atoms with E-state index in [0.717, 1.165) is 0 Å². The fourth-order valence-corrected chi connectivity index (χ4v) is 2.79. The van der Waals surface area contributed by atoms with Crippen LogP contribution in [0.4, 0.5) is 5.82 Å². The minimum Gasteiger partial charge on any atom is -0.459 e. The SMILES string of the molecule is CSc1ncc(C#N)c(N2CCN(C(=O)c3ccco3)CC2)n1. The summed E-state index contributed by atoms with van der Waals surface area (Å²) in [7, 11) is 0. The Labute approximate surface area is 137 Å². The fraction of sp³-hybridized carbons (Fsp3) is 0.333. The van der Waals surface area contributed by atoms with Crippen molar-refractivity contribution in [3.63, 3.8) is 0 Å². The Morgan fingerprint density at radius 3 is 2.78 bits per heavy atom. The molecular formula is C15H15N5O2S. The number of nitrogens with zero attached hydrogens (tertiary/aromatic N) is 5. The van der Waals surface area contributed by atoms with Crippen LogP contribution in [0.2, 0.25) is 0 Å². The highest BCUT2D eigenvalue weighted by Crippen LogP contribution is 2.21. The molecule has 0 saturated carbocycles. The van der Waals surface area contributed by atoms with Crippen molar-refractivity contribution in [2.24, 2.45) is 0 Å². The van der Waals surface area contributed by atoms with Crippen LogP contribution in [0, 0.1) is 11.3 Å². The first-order chi connectivity index (χ1) is 11.2. The normalized spacial score (nSPS) is 14.6. The van der Waals surface area contributed by atoms with Crippen LogP contribution >= 0.6 is 11.8 Å². The van der Waals surface area contributed by atoms with E-state index in [0.29, 0.717) is 48.5 Å². The lowest BCUT2D eigenvalue weighted by molar-refractivity contribution is 0.0714. The molecule has 2 aromatic heterocycles. The maximum Gasteiger partial charge on any atom is 0.289 e. The number of nitriles is 1. The molecule has 1 fully saturated rings. The first-order valence-corrected chi connectivity index (χ1v) is 8.34. The molecule has 0 atom stereocenters. The van der Waals surface area contributed by atoms with Crippen molar-refractivity contribution in [1.29, 1.82) is 5.26 Å². The zero-order valence-corrected chi connectivity index (χ0v) is 13.4. The molecule has 8 heteroatoms. The fourth-order valence-electron chi connectivity index (χ4n) is 2.45. The number of hydrogen-bond donors (Lipinski definition) is 0. The molecule has 1 saturated heterocycles. The summed E-state index contributed by atoms with van der Waals surface area (Å²) in [5.41, 5.74) is 0.452. The molecule has 0 N–H and O–H groups in total. The number of rotatable bonds is 3. The third-order valence-corrected chi connectivity index (χ3v) is 4.21. The quantitative estimate of drug-likeness (QED) is 0.625. The lowest BCUT2D eigenvalue weighted by atomic mass is 10.2. The van der Waals surface area contributed by atoms with Gasteiger partial charge in [-0.2, -0.15) is 5.26 Å². The molecule has 0 radical (unpaired) electrons. The van der Waals surface area contributed by atoms with Crippen LogP contribution in [-0.4, -0.2) is 53.2 Å². The van der Waals surface area contributed by atoms with Crippen molar-refractivity contribution in [3.05, 3.63) is 35.9 Å². The van der Waals surface area contributed by atoms with E-state index >= 15 is 0 Å². The van der Waals surface area contributed by atoms with E-state index in [1.165, 1.54) is 18.0 Å². The van der Waals surface area contributed by atoms with Gasteiger partial charge in [-0.3, -0.25) is 4.79 Å². The molecule has 0 bridgehead atoms. The summed E-state index contributed by atoms with van der Waals surface area (Å²) in [6, 6.07) is 5.50. The van der Waals surface area contributed by atoms with Gasteiger partial charge in [-0.1, -0.05) is 11.8 Å². The maximum atomic E-state index is 12.3. The Balaban J connectivity index is 1.72. The second-order valence-electron chi connectivity index (χ2n) is 4.96. The van der Waals surface area contributed by atoms with Crippen LogP contribution in [0.3, 0.4) is 0 Å². The molecule has 0 aliphatic carbocycles. The highest BCUT2D eigenvalue weighted by molar-refractivity contribution is 7.98. The van der Waals surface area contributed by atoms with E-state index in [-0.39, 0.29) is 5.91 Å². The van der Waals surface area contributed by atoms with Gasteiger partial charge in [0.15, 0.2) is 16.7 Å². The van der Waals surface area contributed by atoms with Crippen molar-refractivity contribution in [3.8, 4) is 6.07 Å². The molecule has 7 nitrogen and oxygen atoms in total. The summed E-state index contributed by atoms with van der Waals surface area (Å²) in [5.74, 6) is 0.877. The summed E-state index contributed by atoms with van der Waals surface area (Å²) in [6.07, 6.45) is 4.94. The Hall–Kier alpha value is -2.53. The maximum absolute atomic E-state index is 12.3. The summed E-state index contributed by atoms with van der Waals surface area (Å²) in [5, 5.41) is 9.87. The van der Waals surface area contributed by atoms with Gasteiger partial charge >= 0.3 is 0 Å². The lowest BCUT2D eigenvalue weighted by Gasteiger charge is -2.35. The molecular weight excluding hydrogens is 314 g/mol. The Bertz CT molecular complexity index is 733. The zero-order valence-electron chi connectivity index (χ0n) is 12.6.